The number of rotatable bonds is 4. The average Bonchev–Trinajstić information content (AvgIpc) is 3.25. The normalized spacial score (nSPS) is 16.4. The van der Waals surface area contributed by atoms with Crippen molar-refractivity contribution in [1.82, 2.24) is 15.0 Å². The van der Waals surface area contributed by atoms with Crippen LogP contribution in [0.5, 0.6) is 0 Å². The van der Waals surface area contributed by atoms with Gasteiger partial charge in [0, 0.05) is 29.9 Å². The number of nitro benzene ring substituents is 1. The number of amides is 2. The average molecular weight is 393 g/mol. The zero-order chi connectivity index (χ0) is 20.2. The SMILES string of the molecule is O=C(Nc1ccc([N+](=O)[O-])cc1)N1CCCCC1c1nc(-c2ccccc2)no1. The van der Waals surface area contributed by atoms with Gasteiger partial charge >= 0.3 is 6.03 Å². The van der Waals surface area contributed by atoms with Gasteiger partial charge in [-0.15, -0.1) is 0 Å². The Morgan fingerprint density at radius 1 is 1.14 bits per heavy atom. The Balaban J connectivity index is 1.51. The third-order valence-corrected chi connectivity index (χ3v) is 4.85. The highest BCUT2D eigenvalue weighted by Gasteiger charge is 2.32. The van der Waals surface area contributed by atoms with Gasteiger partial charge in [-0.2, -0.15) is 4.98 Å². The van der Waals surface area contributed by atoms with Crippen LogP contribution in [0.4, 0.5) is 16.2 Å². The number of urea groups is 1. The second-order valence-electron chi connectivity index (χ2n) is 6.76. The van der Waals surface area contributed by atoms with Crippen molar-refractivity contribution in [1.29, 1.82) is 0 Å². The number of non-ortho nitro benzene ring substituents is 1. The number of nitro groups is 1. The van der Waals surface area contributed by atoms with E-state index in [0.717, 1.165) is 24.8 Å². The van der Waals surface area contributed by atoms with Gasteiger partial charge in [0.25, 0.3) is 5.69 Å². The van der Waals surface area contributed by atoms with Crippen LogP contribution in [0.15, 0.2) is 59.1 Å². The minimum atomic E-state index is -0.480. The zero-order valence-electron chi connectivity index (χ0n) is 15.5. The number of carbonyl (C=O) groups excluding carboxylic acids is 1. The molecule has 4 rings (SSSR count). The van der Waals surface area contributed by atoms with Gasteiger partial charge in [0.2, 0.25) is 11.7 Å². The van der Waals surface area contributed by atoms with E-state index in [1.54, 1.807) is 4.90 Å². The Hall–Kier alpha value is -3.75. The number of nitrogens with zero attached hydrogens (tertiary/aromatic N) is 4. The summed E-state index contributed by atoms with van der Waals surface area (Å²) in [5.74, 6) is 0.893. The number of carbonyl (C=O) groups is 1. The molecule has 2 amide bonds. The summed E-state index contributed by atoms with van der Waals surface area (Å²) in [4.78, 5) is 29.3. The molecule has 1 aromatic heterocycles. The second kappa shape index (κ2) is 8.09. The number of likely N-dealkylation sites (tertiary alicyclic amines) is 1. The number of hydrogen-bond acceptors (Lipinski definition) is 6. The molecule has 0 spiro atoms. The molecular formula is C20H19N5O4. The molecule has 0 saturated carbocycles. The molecule has 1 saturated heterocycles. The quantitative estimate of drug-likeness (QED) is 0.519. The number of piperidine rings is 1. The highest BCUT2D eigenvalue weighted by molar-refractivity contribution is 5.89. The summed E-state index contributed by atoms with van der Waals surface area (Å²) >= 11 is 0. The summed E-state index contributed by atoms with van der Waals surface area (Å²) in [5.41, 5.74) is 1.30. The van der Waals surface area contributed by atoms with E-state index in [1.807, 2.05) is 30.3 Å². The van der Waals surface area contributed by atoms with Gasteiger partial charge in [0.15, 0.2) is 0 Å². The van der Waals surface area contributed by atoms with Crippen molar-refractivity contribution in [3.8, 4) is 11.4 Å². The van der Waals surface area contributed by atoms with Crippen LogP contribution in [-0.2, 0) is 0 Å². The highest BCUT2D eigenvalue weighted by Crippen LogP contribution is 2.31. The Morgan fingerprint density at radius 2 is 1.90 bits per heavy atom. The number of hydrogen-bond donors (Lipinski definition) is 1. The molecule has 2 heterocycles. The first-order valence-electron chi connectivity index (χ1n) is 9.33. The number of aromatic nitrogens is 2. The standard InChI is InChI=1S/C20H19N5O4/c26-20(21-15-9-11-16(12-10-15)25(27)28)24-13-5-4-8-17(24)19-22-18(23-29-19)14-6-2-1-3-7-14/h1-3,6-7,9-12,17H,4-5,8,13H2,(H,21,26). The summed E-state index contributed by atoms with van der Waals surface area (Å²) in [6.07, 6.45) is 2.56. The molecule has 148 valence electrons. The van der Waals surface area contributed by atoms with Crippen molar-refractivity contribution in [2.24, 2.45) is 0 Å². The van der Waals surface area contributed by atoms with E-state index in [1.165, 1.54) is 24.3 Å². The second-order valence-corrected chi connectivity index (χ2v) is 6.76. The van der Waals surface area contributed by atoms with E-state index in [-0.39, 0.29) is 17.8 Å². The molecule has 3 aromatic rings. The maximum absolute atomic E-state index is 12.8. The van der Waals surface area contributed by atoms with E-state index in [4.69, 9.17) is 4.52 Å². The van der Waals surface area contributed by atoms with Crippen molar-refractivity contribution < 1.29 is 14.2 Å². The van der Waals surface area contributed by atoms with Crippen LogP contribution in [0, 0.1) is 10.1 Å². The minimum absolute atomic E-state index is 0.0295. The Bertz CT molecular complexity index is 1000. The predicted molar refractivity (Wildman–Crippen MR) is 105 cm³/mol. The Morgan fingerprint density at radius 3 is 2.62 bits per heavy atom. The Labute approximate surface area is 166 Å². The van der Waals surface area contributed by atoms with E-state index >= 15 is 0 Å². The van der Waals surface area contributed by atoms with Gasteiger partial charge in [-0.1, -0.05) is 35.5 Å². The third kappa shape index (κ3) is 4.08. The third-order valence-electron chi connectivity index (χ3n) is 4.85. The lowest BCUT2D eigenvalue weighted by Crippen LogP contribution is -2.41. The van der Waals surface area contributed by atoms with Crippen LogP contribution in [-0.4, -0.2) is 32.5 Å². The topological polar surface area (TPSA) is 114 Å². The van der Waals surface area contributed by atoms with Crippen LogP contribution < -0.4 is 5.32 Å². The van der Waals surface area contributed by atoms with Crippen molar-refractivity contribution in [2.75, 3.05) is 11.9 Å². The van der Waals surface area contributed by atoms with Gasteiger partial charge in [-0.3, -0.25) is 10.1 Å². The molecule has 2 aromatic carbocycles. The Kier molecular flexibility index (Phi) is 5.19. The van der Waals surface area contributed by atoms with Gasteiger partial charge in [0.05, 0.1) is 4.92 Å². The summed E-state index contributed by atoms with van der Waals surface area (Å²) in [6.45, 7) is 0.562. The lowest BCUT2D eigenvalue weighted by atomic mass is 10.0. The summed E-state index contributed by atoms with van der Waals surface area (Å²) in [6, 6.07) is 14.6. The molecule has 9 heteroatoms. The first kappa shape index (κ1) is 18.6. The monoisotopic (exact) mass is 393 g/mol. The summed E-state index contributed by atoms with van der Waals surface area (Å²) in [7, 11) is 0. The molecule has 1 unspecified atom stereocenters. The van der Waals surface area contributed by atoms with E-state index < -0.39 is 4.92 Å². The molecular weight excluding hydrogens is 374 g/mol. The van der Waals surface area contributed by atoms with Crippen molar-refractivity contribution in [2.45, 2.75) is 25.3 Å². The molecule has 1 fully saturated rings. The molecule has 0 bridgehead atoms. The van der Waals surface area contributed by atoms with E-state index in [9.17, 15) is 14.9 Å². The van der Waals surface area contributed by atoms with Crippen molar-refractivity contribution in [3.05, 3.63) is 70.6 Å². The molecule has 1 aliphatic heterocycles. The minimum Gasteiger partial charge on any atom is -0.337 e. The lowest BCUT2D eigenvalue weighted by molar-refractivity contribution is -0.384. The molecule has 1 atom stereocenters. The maximum Gasteiger partial charge on any atom is 0.322 e. The van der Waals surface area contributed by atoms with Crippen LogP contribution >= 0.6 is 0 Å². The van der Waals surface area contributed by atoms with Gasteiger partial charge < -0.3 is 14.7 Å². The molecule has 29 heavy (non-hydrogen) atoms. The van der Waals surface area contributed by atoms with E-state index in [0.29, 0.717) is 23.9 Å². The number of benzene rings is 2. The molecule has 0 radical (unpaired) electrons. The van der Waals surface area contributed by atoms with Gasteiger partial charge in [-0.25, -0.2) is 4.79 Å². The molecule has 1 N–H and O–H groups in total. The van der Waals surface area contributed by atoms with E-state index in [2.05, 4.69) is 15.5 Å². The van der Waals surface area contributed by atoms with Crippen LogP contribution in [0.2, 0.25) is 0 Å². The first-order valence-corrected chi connectivity index (χ1v) is 9.33. The first-order chi connectivity index (χ1) is 14.1. The van der Waals surface area contributed by atoms with Crippen molar-refractivity contribution >= 4 is 17.4 Å². The van der Waals surface area contributed by atoms with Crippen LogP contribution in [0.1, 0.15) is 31.2 Å². The summed E-state index contributed by atoms with van der Waals surface area (Å²) < 4.78 is 5.47. The largest absolute Gasteiger partial charge is 0.337 e. The van der Waals surface area contributed by atoms with Gasteiger partial charge in [0.1, 0.15) is 6.04 Å². The van der Waals surface area contributed by atoms with Crippen LogP contribution in [0.25, 0.3) is 11.4 Å². The molecule has 0 aliphatic carbocycles. The lowest BCUT2D eigenvalue weighted by Gasteiger charge is -2.33. The van der Waals surface area contributed by atoms with Crippen LogP contribution in [0.3, 0.4) is 0 Å². The van der Waals surface area contributed by atoms with Gasteiger partial charge in [-0.05, 0) is 31.4 Å². The fourth-order valence-corrected chi connectivity index (χ4v) is 3.37. The highest BCUT2D eigenvalue weighted by atomic mass is 16.6. The summed E-state index contributed by atoms with van der Waals surface area (Å²) in [5, 5.41) is 17.6. The predicted octanol–water partition coefficient (Wildman–Crippen LogP) is 4.40. The fourth-order valence-electron chi connectivity index (χ4n) is 3.37. The number of nitrogens with one attached hydrogen (secondary N) is 1. The maximum atomic E-state index is 12.8. The smallest absolute Gasteiger partial charge is 0.322 e. The molecule has 9 nitrogen and oxygen atoms in total. The molecule has 1 aliphatic rings. The fraction of sp³-hybridized carbons (Fsp3) is 0.250. The number of anilines is 1. The zero-order valence-corrected chi connectivity index (χ0v) is 15.5. The van der Waals surface area contributed by atoms with Crippen molar-refractivity contribution in [3.63, 3.8) is 0 Å².